The summed E-state index contributed by atoms with van der Waals surface area (Å²) in [5, 5.41) is 0. The summed E-state index contributed by atoms with van der Waals surface area (Å²) >= 11 is 3.48. The smallest absolute Gasteiger partial charge is 0.319 e. The van der Waals surface area contributed by atoms with E-state index in [0.29, 0.717) is 5.76 Å². The topological polar surface area (TPSA) is 26.3 Å². The number of hydrogen-bond acceptors (Lipinski definition) is 2. The van der Waals surface area contributed by atoms with Crippen LogP contribution in [-0.4, -0.2) is 5.97 Å². The highest BCUT2D eigenvalue weighted by atomic mass is 79.9. The molecule has 2 aliphatic rings. The van der Waals surface area contributed by atoms with Gasteiger partial charge in [0.15, 0.2) is 0 Å². The Morgan fingerprint density at radius 2 is 1.56 bits per heavy atom. The van der Waals surface area contributed by atoms with Gasteiger partial charge in [0.2, 0.25) is 0 Å². The molecule has 2 nitrogen and oxygen atoms in total. The van der Waals surface area contributed by atoms with Crippen LogP contribution in [-0.2, 0) is 16.0 Å². The van der Waals surface area contributed by atoms with E-state index in [-0.39, 0.29) is 17.8 Å². The van der Waals surface area contributed by atoms with Crippen molar-refractivity contribution in [3.63, 3.8) is 0 Å². The molecule has 132 valence electrons. The van der Waals surface area contributed by atoms with Crippen LogP contribution in [0, 0.1) is 5.92 Å². The molecule has 2 unspecified atom stereocenters. The third-order valence-electron chi connectivity index (χ3n) is 5.49. The molecule has 0 saturated carbocycles. The Labute approximate surface area is 166 Å². The van der Waals surface area contributed by atoms with E-state index in [4.69, 9.17) is 4.74 Å². The second kappa shape index (κ2) is 6.50. The van der Waals surface area contributed by atoms with Gasteiger partial charge in [-0.05, 0) is 35.2 Å². The van der Waals surface area contributed by atoms with Crippen molar-refractivity contribution in [2.45, 2.75) is 12.3 Å². The molecule has 1 heterocycles. The number of hydrogen-bond donors (Lipinski definition) is 0. The van der Waals surface area contributed by atoms with Crippen LogP contribution in [0.1, 0.15) is 28.2 Å². The second-order valence-electron chi connectivity index (χ2n) is 7.03. The van der Waals surface area contributed by atoms with Crippen LogP contribution in [0.5, 0.6) is 0 Å². The molecule has 0 N–H and O–H groups in total. The summed E-state index contributed by atoms with van der Waals surface area (Å²) in [6, 6.07) is 26.4. The van der Waals surface area contributed by atoms with Crippen molar-refractivity contribution < 1.29 is 9.53 Å². The minimum Gasteiger partial charge on any atom is -0.425 e. The van der Waals surface area contributed by atoms with Gasteiger partial charge in [-0.25, -0.2) is 0 Å². The Morgan fingerprint density at radius 1 is 0.852 bits per heavy atom. The maximum absolute atomic E-state index is 13.1. The summed E-state index contributed by atoms with van der Waals surface area (Å²) in [6.07, 6.45) is 0.861. The normalized spacial score (nSPS) is 20.9. The Balaban J connectivity index is 1.72. The molecule has 27 heavy (non-hydrogen) atoms. The zero-order chi connectivity index (χ0) is 18.4. The molecule has 2 atom stereocenters. The molecule has 0 spiro atoms. The highest BCUT2D eigenvalue weighted by Gasteiger charge is 2.44. The first kappa shape index (κ1) is 16.5. The summed E-state index contributed by atoms with van der Waals surface area (Å²) in [5.74, 6) is 0.368. The first-order valence-corrected chi connectivity index (χ1v) is 9.86. The second-order valence-corrected chi connectivity index (χ2v) is 7.94. The Morgan fingerprint density at radius 3 is 2.33 bits per heavy atom. The number of ether oxygens (including phenoxy) is 1. The summed E-state index contributed by atoms with van der Waals surface area (Å²) in [5.41, 5.74) is 5.60. The first-order valence-electron chi connectivity index (χ1n) is 9.07. The van der Waals surface area contributed by atoms with Gasteiger partial charge >= 0.3 is 5.97 Å². The summed E-state index contributed by atoms with van der Waals surface area (Å²) in [7, 11) is 0. The molecule has 3 heteroatoms. The van der Waals surface area contributed by atoms with Crippen LogP contribution < -0.4 is 0 Å². The van der Waals surface area contributed by atoms with Gasteiger partial charge in [0.05, 0.1) is 5.92 Å². The Hall–Kier alpha value is -2.65. The van der Waals surface area contributed by atoms with Crippen LogP contribution in [0.4, 0.5) is 0 Å². The van der Waals surface area contributed by atoms with E-state index in [2.05, 4.69) is 40.2 Å². The number of cyclic esters (lactones) is 1. The Bertz CT molecular complexity index is 1050. The number of rotatable bonds is 2. The average Bonchev–Trinajstić information content (AvgIpc) is 3.08. The van der Waals surface area contributed by atoms with E-state index < -0.39 is 0 Å². The van der Waals surface area contributed by atoms with Gasteiger partial charge < -0.3 is 4.74 Å². The lowest BCUT2D eigenvalue weighted by Gasteiger charge is -2.31. The number of benzene rings is 3. The lowest BCUT2D eigenvalue weighted by Crippen LogP contribution is -2.28. The number of esters is 1. The van der Waals surface area contributed by atoms with Crippen LogP contribution in [0.25, 0.3) is 11.3 Å². The van der Waals surface area contributed by atoms with E-state index >= 15 is 0 Å². The number of fused-ring (bicyclic) bond motifs is 3. The van der Waals surface area contributed by atoms with E-state index in [1.807, 2.05) is 54.6 Å². The van der Waals surface area contributed by atoms with E-state index in [9.17, 15) is 4.79 Å². The van der Waals surface area contributed by atoms with E-state index in [0.717, 1.165) is 27.6 Å². The summed E-state index contributed by atoms with van der Waals surface area (Å²) in [6.45, 7) is 0. The number of carbonyl (C=O) groups excluding carboxylic acids is 1. The monoisotopic (exact) mass is 416 g/mol. The van der Waals surface area contributed by atoms with Gasteiger partial charge in [-0.1, -0.05) is 82.7 Å². The van der Waals surface area contributed by atoms with Crippen molar-refractivity contribution >= 4 is 33.2 Å². The molecule has 3 aromatic rings. The van der Waals surface area contributed by atoms with Gasteiger partial charge in [0.25, 0.3) is 0 Å². The predicted molar refractivity (Wildman–Crippen MR) is 110 cm³/mol. The molecule has 0 bridgehead atoms. The van der Waals surface area contributed by atoms with Crippen LogP contribution in [0.2, 0.25) is 0 Å². The van der Waals surface area contributed by atoms with Crippen LogP contribution in [0.3, 0.4) is 0 Å². The molecule has 1 aliphatic heterocycles. The van der Waals surface area contributed by atoms with Crippen molar-refractivity contribution in [2.75, 3.05) is 0 Å². The minimum absolute atomic E-state index is 0.102. The molecule has 1 aliphatic carbocycles. The zero-order valence-corrected chi connectivity index (χ0v) is 16.1. The maximum atomic E-state index is 13.1. The van der Waals surface area contributed by atoms with Crippen molar-refractivity contribution in [1.82, 2.24) is 0 Å². The fourth-order valence-corrected chi connectivity index (χ4v) is 4.57. The van der Waals surface area contributed by atoms with Gasteiger partial charge in [-0.15, -0.1) is 0 Å². The van der Waals surface area contributed by atoms with Gasteiger partial charge in [-0.3, -0.25) is 4.79 Å². The molecular formula is C24H17BrO2. The number of halogens is 1. The lowest BCUT2D eigenvalue weighted by atomic mass is 9.79. The van der Waals surface area contributed by atoms with E-state index in [1.54, 1.807) is 0 Å². The summed E-state index contributed by atoms with van der Waals surface area (Å²) in [4.78, 5) is 13.1. The van der Waals surface area contributed by atoms with E-state index in [1.165, 1.54) is 11.1 Å². The number of allylic oxidation sites excluding steroid dienone is 1. The fourth-order valence-electron chi connectivity index (χ4n) is 4.30. The van der Waals surface area contributed by atoms with Crippen molar-refractivity contribution in [3.8, 4) is 0 Å². The van der Waals surface area contributed by atoms with Gasteiger partial charge in [0, 0.05) is 21.5 Å². The van der Waals surface area contributed by atoms with Gasteiger partial charge in [-0.2, -0.15) is 0 Å². The SMILES string of the molecule is O=C1OC(c2ccc(Br)cc2)=C2c3ccccc3CC2C1c1ccccc1. The summed E-state index contributed by atoms with van der Waals surface area (Å²) < 4.78 is 6.98. The highest BCUT2D eigenvalue weighted by Crippen LogP contribution is 2.51. The average molecular weight is 417 g/mol. The van der Waals surface area contributed by atoms with Crippen LogP contribution in [0.15, 0.2) is 83.3 Å². The molecular weight excluding hydrogens is 400 g/mol. The predicted octanol–water partition coefficient (Wildman–Crippen LogP) is 5.83. The van der Waals surface area contributed by atoms with Crippen molar-refractivity contribution in [1.29, 1.82) is 0 Å². The molecule has 0 fully saturated rings. The largest absolute Gasteiger partial charge is 0.425 e. The lowest BCUT2D eigenvalue weighted by molar-refractivity contribution is -0.140. The third kappa shape index (κ3) is 2.74. The standard InChI is InChI=1S/C24H17BrO2/c25-18-12-10-16(11-13-18)23-22-19-9-5-4-8-17(19)14-20(22)21(24(26)27-23)15-6-2-1-3-7-15/h1-13,20-21H,14H2. The van der Waals surface area contributed by atoms with Crippen LogP contribution >= 0.6 is 15.9 Å². The quantitative estimate of drug-likeness (QED) is 0.491. The fraction of sp³-hybridized carbons (Fsp3) is 0.125. The molecule has 0 aromatic heterocycles. The molecule has 0 saturated heterocycles. The zero-order valence-electron chi connectivity index (χ0n) is 14.6. The minimum atomic E-state index is -0.271. The number of carbonyl (C=O) groups is 1. The molecule has 3 aromatic carbocycles. The molecule has 0 amide bonds. The highest BCUT2D eigenvalue weighted by molar-refractivity contribution is 9.10. The van der Waals surface area contributed by atoms with Crippen molar-refractivity contribution in [2.24, 2.45) is 5.92 Å². The maximum Gasteiger partial charge on any atom is 0.319 e. The third-order valence-corrected chi connectivity index (χ3v) is 6.02. The van der Waals surface area contributed by atoms with Crippen molar-refractivity contribution in [3.05, 3.63) is 106 Å². The molecule has 0 radical (unpaired) electrons. The first-order chi connectivity index (χ1) is 13.2. The Kier molecular flexibility index (Phi) is 3.98. The van der Waals surface area contributed by atoms with Gasteiger partial charge in [0.1, 0.15) is 5.76 Å². The molecule has 5 rings (SSSR count).